The van der Waals surface area contributed by atoms with Crippen molar-refractivity contribution in [1.29, 1.82) is 5.26 Å². The molecule has 1 fully saturated rings. The van der Waals surface area contributed by atoms with E-state index in [-0.39, 0.29) is 0 Å². The standard InChI is InChI=1S/C16H21BrN4OS/c1-13(11-22-15-5-3-14(17)4-6-15)20-7-9-21(10-8-20)16(23-2)19-12-18/h3-6,13H,7-11H2,1-2H3/b19-16-. The van der Waals surface area contributed by atoms with Crippen LogP contribution < -0.4 is 4.74 Å². The first kappa shape index (κ1) is 18.1. The van der Waals surface area contributed by atoms with Gasteiger partial charge in [-0.05, 0) is 37.4 Å². The largest absolute Gasteiger partial charge is 0.492 e. The number of nitriles is 1. The third-order valence-electron chi connectivity index (χ3n) is 3.84. The first-order valence-electron chi connectivity index (χ1n) is 7.52. The Hall–Kier alpha value is -1.23. The Kier molecular flexibility index (Phi) is 7.21. The number of nitrogens with zero attached hydrogens (tertiary/aromatic N) is 4. The maximum absolute atomic E-state index is 8.73. The molecule has 23 heavy (non-hydrogen) atoms. The van der Waals surface area contributed by atoms with Crippen molar-refractivity contribution in [3.63, 3.8) is 0 Å². The van der Waals surface area contributed by atoms with Gasteiger partial charge in [-0.3, -0.25) is 4.90 Å². The van der Waals surface area contributed by atoms with E-state index < -0.39 is 0 Å². The van der Waals surface area contributed by atoms with Crippen LogP contribution in [0.25, 0.3) is 0 Å². The molecule has 1 aliphatic rings. The Balaban J connectivity index is 1.79. The van der Waals surface area contributed by atoms with Gasteiger partial charge in [0.25, 0.3) is 0 Å². The van der Waals surface area contributed by atoms with Crippen LogP contribution in [0.3, 0.4) is 0 Å². The minimum atomic E-state index is 0.353. The number of hydrogen-bond acceptors (Lipinski definition) is 5. The Labute approximate surface area is 150 Å². The topological polar surface area (TPSA) is 51.9 Å². The predicted molar refractivity (Wildman–Crippen MR) is 98.8 cm³/mol. The van der Waals surface area contributed by atoms with E-state index in [0.29, 0.717) is 12.6 Å². The molecule has 7 heteroatoms. The van der Waals surface area contributed by atoms with Gasteiger partial charge in [-0.15, -0.1) is 4.99 Å². The highest BCUT2D eigenvalue weighted by Gasteiger charge is 2.23. The molecule has 2 rings (SSSR count). The van der Waals surface area contributed by atoms with Crippen molar-refractivity contribution in [2.75, 3.05) is 39.0 Å². The first-order chi connectivity index (χ1) is 11.1. The van der Waals surface area contributed by atoms with Crippen LogP contribution in [-0.2, 0) is 0 Å². The summed E-state index contributed by atoms with van der Waals surface area (Å²) in [4.78, 5) is 8.47. The highest BCUT2D eigenvalue weighted by molar-refractivity contribution is 9.10. The number of hydrogen-bond donors (Lipinski definition) is 0. The average Bonchev–Trinajstić information content (AvgIpc) is 2.59. The molecule has 1 saturated heterocycles. The molecule has 0 aliphatic carbocycles. The van der Waals surface area contributed by atoms with Crippen molar-refractivity contribution in [1.82, 2.24) is 9.80 Å². The minimum absolute atomic E-state index is 0.353. The molecular weight excluding hydrogens is 376 g/mol. The van der Waals surface area contributed by atoms with E-state index in [0.717, 1.165) is 41.6 Å². The van der Waals surface area contributed by atoms with Gasteiger partial charge >= 0.3 is 0 Å². The summed E-state index contributed by atoms with van der Waals surface area (Å²) < 4.78 is 6.92. The third kappa shape index (κ3) is 5.41. The Morgan fingerprint density at radius 1 is 1.35 bits per heavy atom. The second-order valence-corrected chi connectivity index (χ2v) is 7.02. The van der Waals surface area contributed by atoms with Crippen LogP contribution in [0, 0.1) is 11.5 Å². The van der Waals surface area contributed by atoms with E-state index in [9.17, 15) is 0 Å². The van der Waals surface area contributed by atoms with Crippen LogP contribution in [0.15, 0.2) is 33.7 Å². The van der Waals surface area contributed by atoms with Gasteiger partial charge in [-0.2, -0.15) is 5.26 Å². The lowest BCUT2D eigenvalue weighted by molar-refractivity contribution is 0.106. The predicted octanol–water partition coefficient (Wildman–Crippen LogP) is 3.03. The molecule has 1 aromatic rings. The fourth-order valence-electron chi connectivity index (χ4n) is 2.50. The summed E-state index contributed by atoms with van der Waals surface area (Å²) in [6.45, 7) is 6.55. The number of ether oxygens (including phenoxy) is 1. The zero-order chi connectivity index (χ0) is 16.7. The SMILES string of the molecule is CS/C(=N\C#N)N1CCN(C(C)COc2ccc(Br)cc2)CC1. The minimum Gasteiger partial charge on any atom is -0.492 e. The van der Waals surface area contributed by atoms with Crippen LogP contribution in [0.2, 0.25) is 0 Å². The number of thioether (sulfide) groups is 1. The van der Waals surface area contributed by atoms with Crippen LogP contribution >= 0.6 is 27.7 Å². The van der Waals surface area contributed by atoms with Gasteiger partial charge in [0.2, 0.25) is 6.19 Å². The van der Waals surface area contributed by atoms with Crippen molar-refractivity contribution in [2.24, 2.45) is 4.99 Å². The molecule has 0 radical (unpaired) electrons. The van der Waals surface area contributed by atoms with Gasteiger partial charge in [-0.25, -0.2) is 0 Å². The van der Waals surface area contributed by atoms with Crippen molar-refractivity contribution in [3.8, 4) is 11.9 Å². The van der Waals surface area contributed by atoms with E-state index in [1.807, 2.05) is 36.7 Å². The molecule has 0 saturated carbocycles. The molecule has 124 valence electrons. The second kappa shape index (κ2) is 9.16. The molecule has 5 nitrogen and oxygen atoms in total. The van der Waals surface area contributed by atoms with Crippen molar-refractivity contribution in [2.45, 2.75) is 13.0 Å². The Bertz CT molecular complexity index is 564. The Morgan fingerprint density at radius 3 is 2.57 bits per heavy atom. The number of piperazine rings is 1. The van der Waals surface area contributed by atoms with Crippen molar-refractivity contribution in [3.05, 3.63) is 28.7 Å². The summed E-state index contributed by atoms with van der Waals surface area (Å²) in [5.41, 5.74) is 0. The molecule has 0 aromatic heterocycles. The molecule has 1 aliphatic heterocycles. The highest BCUT2D eigenvalue weighted by atomic mass is 79.9. The molecular formula is C16H21BrN4OS. The summed E-state index contributed by atoms with van der Waals surface area (Å²) >= 11 is 4.95. The lowest BCUT2D eigenvalue weighted by Gasteiger charge is -2.38. The fraction of sp³-hybridized carbons (Fsp3) is 0.500. The van der Waals surface area contributed by atoms with Crippen LogP contribution in [0.4, 0.5) is 0 Å². The molecule has 0 N–H and O–H groups in total. The number of benzene rings is 1. The maximum atomic E-state index is 8.73. The Morgan fingerprint density at radius 2 is 2.00 bits per heavy atom. The van der Waals surface area contributed by atoms with Gasteiger partial charge in [0, 0.05) is 36.7 Å². The third-order valence-corrected chi connectivity index (χ3v) is 5.08. The molecule has 1 atom stereocenters. The molecule has 0 amide bonds. The van der Waals surface area contributed by atoms with Crippen LogP contribution in [-0.4, -0.2) is 60.1 Å². The zero-order valence-corrected chi connectivity index (χ0v) is 15.8. The quantitative estimate of drug-likeness (QED) is 0.444. The molecule has 1 heterocycles. The zero-order valence-electron chi connectivity index (χ0n) is 13.4. The highest BCUT2D eigenvalue weighted by Crippen LogP contribution is 2.17. The molecule has 0 bridgehead atoms. The lowest BCUT2D eigenvalue weighted by Crippen LogP contribution is -2.52. The van der Waals surface area contributed by atoms with Gasteiger partial charge in [0.05, 0.1) is 0 Å². The lowest BCUT2D eigenvalue weighted by atomic mass is 10.2. The number of aliphatic imine (C=N–C) groups is 1. The summed E-state index contributed by atoms with van der Waals surface area (Å²) in [5, 5.41) is 9.54. The molecule has 1 unspecified atom stereocenters. The van der Waals surface area contributed by atoms with E-state index in [1.165, 1.54) is 11.8 Å². The van der Waals surface area contributed by atoms with Crippen LogP contribution in [0.1, 0.15) is 6.92 Å². The van der Waals surface area contributed by atoms with E-state index in [1.54, 1.807) is 0 Å². The smallest absolute Gasteiger partial charge is 0.208 e. The summed E-state index contributed by atoms with van der Waals surface area (Å²) in [5.74, 6) is 0.893. The van der Waals surface area contributed by atoms with Crippen LogP contribution in [0.5, 0.6) is 5.75 Å². The maximum Gasteiger partial charge on any atom is 0.208 e. The van der Waals surface area contributed by atoms with Gasteiger partial charge < -0.3 is 9.64 Å². The summed E-state index contributed by atoms with van der Waals surface area (Å²) in [7, 11) is 0. The summed E-state index contributed by atoms with van der Waals surface area (Å²) in [6, 6.07) is 8.26. The number of halogens is 1. The number of rotatable bonds is 4. The molecule has 0 spiro atoms. The fourth-order valence-corrected chi connectivity index (χ4v) is 3.33. The van der Waals surface area contributed by atoms with Gasteiger partial charge in [0.1, 0.15) is 12.4 Å². The normalized spacial score (nSPS) is 17.7. The van der Waals surface area contributed by atoms with Gasteiger partial charge in [0.15, 0.2) is 5.17 Å². The number of amidine groups is 1. The van der Waals surface area contributed by atoms with E-state index in [4.69, 9.17) is 10.00 Å². The van der Waals surface area contributed by atoms with Crippen molar-refractivity contribution >= 4 is 32.9 Å². The second-order valence-electron chi connectivity index (χ2n) is 5.34. The molecule has 1 aromatic carbocycles. The monoisotopic (exact) mass is 396 g/mol. The van der Waals surface area contributed by atoms with E-state index >= 15 is 0 Å². The van der Waals surface area contributed by atoms with Gasteiger partial charge in [-0.1, -0.05) is 27.7 Å². The van der Waals surface area contributed by atoms with E-state index in [2.05, 4.69) is 37.6 Å². The first-order valence-corrected chi connectivity index (χ1v) is 9.54. The summed E-state index contributed by atoms with van der Waals surface area (Å²) in [6.07, 6.45) is 3.84. The van der Waals surface area contributed by atoms with Crippen molar-refractivity contribution < 1.29 is 4.74 Å². The average molecular weight is 397 g/mol.